The van der Waals surface area contributed by atoms with Crippen molar-refractivity contribution in [1.29, 1.82) is 0 Å². The quantitative estimate of drug-likeness (QED) is 0.181. The topological polar surface area (TPSA) is 0 Å². The van der Waals surface area contributed by atoms with E-state index in [9.17, 15) is 0 Å². The molecule has 0 saturated heterocycles. The highest BCUT2D eigenvalue weighted by atomic mass is 14.1. The van der Waals surface area contributed by atoms with Crippen molar-refractivity contribution in [2.75, 3.05) is 0 Å². The Hall–Kier alpha value is 0. The number of hydrogen-bond donors (Lipinski definition) is 0. The molecule has 0 aliphatic rings. The summed E-state index contributed by atoms with van der Waals surface area (Å²) in [6.07, 6.45) is 29.7. The Kier molecular flexibility index (Phi) is 22.0. The highest BCUT2D eigenvalue weighted by molar-refractivity contribution is 4.56. The maximum Gasteiger partial charge on any atom is -0.0443 e. The van der Waals surface area contributed by atoms with Crippen LogP contribution in [0.2, 0.25) is 0 Å². The smallest absolute Gasteiger partial charge is 0.0443 e. The van der Waals surface area contributed by atoms with Crippen LogP contribution in [0.15, 0.2) is 0 Å². The summed E-state index contributed by atoms with van der Waals surface area (Å²) >= 11 is 0. The van der Waals surface area contributed by atoms with Gasteiger partial charge in [-0.1, -0.05) is 156 Å². The fourth-order valence-corrected chi connectivity index (χ4v) is 3.81. The Balaban J connectivity index is 3.00. The van der Waals surface area contributed by atoms with Gasteiger partial charge in [0.25, 0.3) is 0 Å². The number of hydrogen-bond acceptors (Lipinski definition) is 0. The summed E-state index contributed by atoms with van der Waals surface area (Å²) in [6.45, 7) is 10.2. The first-order valence-corrected chi connectivity index (χ1v) is 11.9. The second-order valence-electron chi connectivity index (χ2n) is 8.40. The summed E-state index contributed by atoms with van der Waals surface area (Å²) in [6, 6.07) is 0. The van der Waals surface area contributed by atoms with Crippen LogP contribution in [-0.4, -0.2) is 0 Å². The molecule has 1 unspecified atom stereocenters. The zero-order chi connectivity index (χ0) is 18.4. The molecule has 0 rings (SSSR count). The van der Waals surface area contributed by atoms with E-state index in [1.54, 1.807) is 0 Å². The summed E-state index contributed by atoms with van der Waals surface area (Å²) in [5.74, 6) is 0.899. The molecule has 25 heavy (non-hydrogen) atoms. The molecule has 0 amide bonds. The molecule has 0 saturated carbocycles. The molecule has 0 fully saturated rings. The Morgan fingerprint density at radius 1 is 0.400 bits per heavy atom. The van der Waals surface area contributed by atoms with E-state index < -0.39 is 0 Å². The van der Waals surface area contributed by atoms with Crippen molar-refractivity contribution in [1.82, 2.24) is 0 Å². The summed E-state index contributed by atoms with van der Waals surface area (Å²) < 4.78 is 0. The van der Waals surface area contributed by atoms with Gasteiger partial charge in [0.05, 0.1) is 0 Å². The van der Waals surface area contributed by atoms with Gasteiger partial charge in [-0.05, 0) is 5.92 Å². The summed E-state index contributed by atoms with van der Waals surface area (Å²) in [4.78, 5) is 0. The van der Waals surface area contributed by atoms with E-state index in [0.717, 1.165) is 18.8 Å². The average Bonchev–Trinajstić information content (AvgIpc) is 2.61. The van der Waals surface area contributed by atoms with Crippen LogP contribution in [0.5, 0.6) is 0 Å². The summed E-state index contributed by atoms with van der Waals surface area (Å²) in [5.41, 5.74) is 0. The van der Waals surface area contributed by atoms with Gasteiger partial charge in [-0.3, -0.25) is 0 Å². The molecule has 0 heterocycles. The summed E-state index contributed by atoms with van der Waals surface area (Å²) in [7, 11) is 0. The van der Waals surface area contributed by atoms with Crippen LogP contribution in [0.25, 0.3) is 0 Å². The monoisotopic (exact) mass is 350 g/mol. The van der Waals surface area contributed by atoms with Crippen molar-refractivity contribution in [2.24, 2.45) is 5.92 Å². The van der Waals surface area contributed by atoms with E-state index >= 15 is 0 Å². The van der Waals surface area contributed by atoms with Crippen molar-refractivity contribution < 1.29 is 0 Å². The molecule has 0 aromatic carbocycles. The maximum absolute atomic E-state index is 3.95. The zero-order valence-corrected chi connectivity index (χ0v) is 17.8. The first-order chi connectivity index (χ1) is 12.3. The molecule has 0 aromatic heterocycles. The van der Waals surface area contributed by atoms with Crippen LogP contribution < -0.4 is 0 Å². The third-order valence-electron chi connectivity index (χ3n) is 5.64. The molecule has 0 heteroatoms. The minimum Gasteiger partial charge on any atom is -0.0625 e. The Morgan fingerprint density at radius 2 is 0.720 bits per heavy atom. The SMILES string of the molecule is [CH2]CCCCCCCCCCCCCCCCCCCC(C)CC[CH2]. The van der Waals surface area contributed by atoms with Gasteiger partial charge in [0.15, 0.2) is 0 Å². The molecule has 1 atom stereocenters. The van der Waals surface area contributed by atoms with Crippen LogP contribution >= 0.6 is 0 Å². The molecular weight excluding hydrogens is 300 g/mol. The molecule has 150 valence electrons. The van der Waals surface area contributed by atoms with Gasteiger partial charge in [-0.25, -0.2) is 0 Å². The third-order valence-corrected chi connectivity index (χ3v) is 5.64. The molecule has 2 radical (unpaired) electrons. The highest BCUT2D eigenvalue weighted by Gasteiger charge is 2.00. The van der Waals surface area contributed by atoms with Crippen molar-refractivity contribution in [2.45, 2.75) is 142 Å². The lowest BCUT2D eigenvalue weighted by Crippen LogP contribution is -1.93. The van der Waals surface area contributed by atoms with Crippen LogP contribution in [0.3, 0.4) is 0 Å². The molecule has 0 aliphatic carbocycles. The fourth-order valence-electron chi connectivity index (χ4n) is 3.81. The number of unbranched alkanes of at least 4 members (excludes halogenated alkanes) is 17. The van der Waals surface area contributed by atoms with Crippen LogP contribution in [0.4, 0.5) is 0 Å². The van der Waals surface area contributed by atoms with Gasteiger partial charge in [-0.15, -0.1) is 0 Å². The third kappa shape index (κ3) is 22.0. The zero-order valence-electron chi connectivity index (χ0n) is 17.8. The standard InChI is InChI=1S/C25H50/c1-4-6-7-8-9-10-11-12-13-14-15-16-17-18-19-20-21-22-24-25(3)23-5-2/h25H,1-2,4-24H2,3H3. The average molecular weight is 351 g/mol. The lowest BCUT2D eigenvalue weighted by molar-refractivity contribution is 0.456. The highest BCUT2D eigenvalue weighted by Crippen LogP contribution is 2.17. The first kappa shape index (κ1) is 25.0. The molecule has 0 nitrogen and oxygen atoms in total. The molecule has 0 bridgehead atoms. The normalized spacial score (nSPS) is 12.6. The summed E-state index contributed by atoms with van der Waals surface area (Å²) in [5, 5.41) is 0. The maximum atomic E-state index is 3.95. The van der Waals surface area contributed by atoms with Gasteiger partial charge in [0, 0.05) is 0 Å². The van der Waals surface area contributed by atoms with E-state index in [1.807, 2.05) is 0 Å². The molecule has 0 aromatic rings. The fraction of sp³-hybridized carbons (Fsp3) is 0.920. The minimum atomic E-state index is 0.899. The van der Waals surface area contributed by atoms with Gasteiger partial charge in [-0.2, -0.15) is 0 Å². The van der Waals surface area contributed by atoms with Crippen LogP contribution in [0, 0.1) is 19.8 Å². The van der Waals surface area contributed by atoms with Gasteiger partial charge in [0.2, 0.25) is 0 Å². The van der Waals surface area contributed by atoms with Crippen molar-refractivity contribution in [3.63, 3.8) is 0 Å². The van der Waals surface area contributed by atoms with Crippen LogP contribution in [-0.2, 0) is 0 Å². The largest absolute Gasteiger partial charge is 0.0625 e. The molecule has 0 spiro atoms. The van der Waals surface area contributed by atoms with E-state index in [-0.39, 0.29) is 0 Å². The van der Waals surface area contributed by atoms with Gasteiger partial charge < -0.3 is 0 Å². The Morgan fingerprint density at radius 3 is 1.04 bits per heavy atom. The lowest BCUT2D eigenvalue weighted by atomic mass is 9.98. The minimum absolute atomic E-state index is 0.899. The predicted molar refractivity (Wildman–Crippen MR) is 117 cm³/mol. The van der Waals surface area contributed by atoms with Gasteiger partial charge in [0.1, 0.15) is 0 Å². The number of rotatable bonds is 21. The second kappa shape index (κ2) is 22.0. The van der Waals surface area contributed by atoms with Crippen molar-refractivity contribution in [3.05, 3.63) is 13.8 Å². The van der Waals surface area contributed by atoms with Gasteiger partial charge >= 0.3 is 0 Å². The van der Waals surface area contributed by atoms with E-state index in [4.69, 9.17) is 0 Å². The van der Waals surface area contributed by atoms with E-state index in [2.05, 4.69) is 20.8 Å². The molecule has 0 aliphatic heterocycles. The van der Waals surface area contributed by atoms with Crippen molar-refractivity contribution >= 4 is 0 Å². The molecular formula is C25H50. The van der Waals surface area contributed by atoms with Crippen LogP contribution in [0.1, 0.15) is 142 Å². The predicted octanol–water partition coefficient (Wildman–Crippen LogP) is 9.48. The van der Waals surface area contributed by atoms with E-state index in [0.29, 0.717) is 0 Å². The molecule has 0 N–H and O–H groups in total. The lowest BCUT2D eigenvalue weighted by Gasteiger charge is -2.09. The van der Waals surface area contributed by atoms with E-state index in [1.165, 1.54) is 122 Å². The Labute approximate surface area is 161 Å². The second-order valence-corrected chi connectivity index (χ2v) is 8.40. The van der Waals surface area contributed by atoms with Crippen molar-refractivity contribution in [3.8, 4) is 0 Å². The Bertz CT molecular complexity index is 220. The first-order valence-electron chi connectivity index (χ1n) is 11.9.